The van der Waals surface area contributed by atoms with E-state index in [9.17, 15) is 15.3 Å². The lowest BCUT2D eigenvalue weighted by Gasteiger charge is -2.44. The van der Waals surface area contributed by atoms with Crippen molar-refractivity contribution in [1.29, 1.82) is 10.5 Å². The van der Waals surface area contributed by atoms with Gasteiger partial charge in [0.05, 0.1) is 29.9 Å². The van der Waals surface area contributed by atoms with E-state index in [0.29, 0.717) is 36.7 Å². The van der Waals surface area contributed by atoms with Gasteiger partial charge in [0.2, 0.25) is 0 Å². The molecule has 0 spiro atoms. The lowest BCUT2D eigenvalue weighted by molar-refractivity contribution is -0.104. The van der Waals surface area contributed by atoms with Crippen molar-refractivity contribution in [2.45, 2.75) is 64.1 Å². The zero-order valence-electron chi connectivity index (χ0n) is 21.2. The minimum Gasteiger partial charge on any atom is -0.364 e. The van der Waals surface area contributed by atoms with E-state index in [1.807, 2.05) is 13.1 Å². The second kappa shape index (κ2) is 12.6. The molecule has 0 bridgehead atoms. The Hall–Kier alpha value is -3.11. The second-order valence-electron chi connectivity index (χ2n) is 9.36. The Kier molecular flexibility index (Phi) is 9.50. The summed E-state index contributed by atoms with van der Waals surface area (Å²) in [6, 6.07) is 8.56. The fraction of sp³-hybridized carbons (Fsp3) is 0.577. The van der Waals surface area contributed by atoms with Gasteiger partial charge in [0.25, 0.3) is 0 Å². The average Bonchev–Trinajstić information content (AvgIpc) is 3.71. The van der Waals surface area contributed by atoms with Crippen molar-refractivity contribution in [3.8, 4) is 12.1 Å². The zero-order valence-corrected chi connectivity index (χ0v) is 21.2. The second-order valence-corrected chi connectivity index (χ2v) is 9.36. The summed E-state index contributed by atoms with van der Waals surface area (Å²) in [5.74, 6) is 0.645. The van der Waals surface area contributed by atoms with E-state index in [0.717, 1.165) is 13.1 Å². The minimum atomic E-state index is -0.295. The van der Waals surface area contributed by atoms with Crippen LogP contribution in [-0.4, -0.2) is 72.1 Å². The van der Waals surface area contributed by atoms with Crippen molar-refractivity contribution in [3.05, 3.63) is 40.9 Å². The lowest BCUT2D eigenvalue weighted by Crippen LogP contribution is -2.53. The van der Waals surface area contributed by atoms with Gasteiger partial charge in [0, 0.05) is 56.1 Å². The highest BCUT2D eigenvalue weighted by Gasteiger charge is 2.31. The Balaban J connectivity index is 1.77. The number of hydrogen-bond acceptors (Lipinski definition) is 9. The first-order valence-electron chi connectivity index (χ1n) is 12.3. The molecule has 1 saturated carbocycles. The molecule has 1 aromatic heterocycles. The van der Waals surface area contributed by atoms with Crippen LogP contribution in [-0.2, 0) is 4.79 Å². The summed E-state index contributed by atoms with van der Waals surface area (Å²) >= 11 is 0. The summed E-state index contributed by atoms with van der Waals surface area (Å²) in [4.78, 5) is 25.7. The monoisotopic (exact) mass is 476 g/mol. The molecule has 1 saturated heterocycles. The third kappa shape index (κ3) is 6.73. The van der Waals surface area contributed by atoms with Gasteiger partial charge in [-0.1, -0.05) is 6.07 Å². The summed E-state index contributed by atoms with van der Waals surface area (Å²) in [5, 5.41) is 18.9. The highest BCUT2D eigenvalue weighted by Crippen LogP contribution is 2.39. The van der Waals surface area contributed by atoms with Gasteiger partial charge in [-0.15, -0.1) is 0 Å². The molecule has 186 valence electrons. The molecule has 0 aromatic carbocycles. The number of carbonyl (C=O) groups excluding carboxylic acids is 1. The van der Waals surface area contributed by atoms with E-state index in [-0.39, 0.29) is 30.1 Å². The molecule has 2 fully saturated rings. The lowest BCUT2D eigenvalue weighted by atomic mass is 10.0. The average molecular weight is 477 g/mol. The third-order valence-electron chi connectivity index (χ3n) is 6.83. The van der Waals surface area contributed by atoms with Crippen LogP contribution in [0.4, 0.5) is 0 Å². The van der Waals surface area contributed by atoms with E-state index in [1.54, 1.807) is 7.05 Å². The number of hydrazine groups is 1. The molecule has 1 aliphatic heterocycles. The van der Waals surface area contributed by atoms with Crippen LogP contribution >= 0.6 is 0 Å². The van der Waals surface area contributed by atoms with Gasteiger partial charge in [-0.25, -0.2) is 0 Å². The van der Waals surface area contributed by atoms with Crippen LogP contribution in [0.1, 0.15) is 63.3 Å². The van der Waals surface area contributed by atoms with Crippen molar-refractivity contribution >= 4 is 12.0 Å². The third-order valence-corrected chi connectivity index (χ3v) is 6.83. The standard InChI is InChI=1S/C26H36N8O/c1-18-16-33(20(3)22-7-8-25(30-14-22)21-5-6-21)11-12-34(18)26(23(13-28)17-35)19(2)32-24(9-10-27)15-31-29-4/h7-8,14,17-18,20-21,24,29,31H,5-6,9,11-12,15-16H2,1-4H3/b26-23+,32-19+. The molecule has 0 amide bonds. The Morgan fingerprint density at radius 2 is 2.11 bits per heavy atom. The minimum absolute atomic E-state index is 0.0664. The largest absolute Gasteiger partial charge is 0.364 e. The quantitative estimate of drug-likeness (QED) is 0.164. The van der Waals surface area contributed by atoms with Crippen molar-refractivity contribution in [2.24, 2.45) is 4.99 Å². The van der Waals surface area contributed by atoms with Gasteiger partial charge in [0.15, 0.2) is 6.29 Å². The first-order chi connectivity index (χ1) is 16.9. The molecule has 3 rings (SSSR count). The molecular weight excluding hydrogens is 440 g/mol. The normalized spacial score (nSPS) is 21.5. The number of nitrogens with zero attached hydrogens (tertiary/aromatic N) is 6. The highest BCUT2D eigenvalue weighted by atomic mass is 16.1. The molecule has 9 heteroatoms. The van der Waals surface area contributed by atoms with Crippen LogP contribution in [0, 0.1) is 22.7 Å². The fourth-order valence-electron chi connectivity index (χ4n) is 4.68. The van der Waals surface area contributed by atoms with Crippen LogP contribution in [0.15, 0.2) is 34.6 Å². The molecule has 0 radical (unpaired) electrons. The van der Waals surface area contributed by atoms with Crippen LogP contribution in [0.3, 0.4) is 0 Å². The fourth-order valence-corrected chi connectivity index (χ4v) is 4.68. The first kappa shape index (κ1) is 26.5. The summed E-state index contributed by atoms with van der Waals surface area (Å²) in [6.07, 6.45) is 5.33. The highest BCUT2D eigenvalue weighted by molar-refractivity contribution is 6.03. The van der Waals surface area contributed by atoms with Crippen LogP contribution in [0.5, 0.6) is 0 Å². The maximum absolute atomic E-state index is 11.8. The Morgan fingerprint density at radius 1 is 1.34 bits per heavy atom. The Bertz CT molecular complexity index is 1020. The van der Waals surface area contributed by atoms with Crippen molar-refractivity contribution < 1.29 is 4.79 Å². The van der Waals surface area contributed by atoms with E-state index < -0.39 is 0 Å². The van der Waals surface area contributed by atoms with Gasteiger partial charge >= 0.3 is 0 Å². The molecule has 3 atom stereocenters. The molecule has 2 heterocycles. The number of aromatic nitrogens is 1. The summed E-state index contributed by atoms with van der Waals surface area (Å²) in [6.45, 7) is 8.82. The molecule has 1 aliphatic carbocycles. The molecule has 9 nitrogen and oxygen atoms in total. The molecule has 2 N–H and O–H groups in total. The van der Waals surface area contributed by atoms with Gasteiger partial charge in [-0.3, -0.25) is 30.5 Å². The zero-order chi connectivity index (χ0) is 25.4. The Morgan fingerprint density at radius 3 is 2.66 bits per heavy atom. The number of nitriles is 2. The maximum atomic E-state index is 11.8. The predicted molar refractivity (Wildman–Crippen MR) is 135 cm³/mol. The van der Waals surface area contributed by atoms with E-state index in [4.69, 9.17) is 4.99 Å². The Labute approximate surface area is 208 Å². The number of aliphatic imine (C=N–C) groups is 1. The number of pyridine rings is 1. The number of rotatable bonds is 11. The topological polar surface area (TPSA) is 120 Å². The summed E-state index contributed by atoms with van der Waals surface area (Å²) in [7, 11) is 1.76. The number of nitrogens with one attached hydrogen (secondary N) is 2. The molecular formula is C26H36N8O. The number of hydrogen-bond donors (Lipinski definition) is 2. The molecule has 1 aromatic rings. The van der Waals surface area contributed by atoms with E-state index in [2.05, 4.69) is 63.8 Å². The van der Waals surface area contributed by atoms with Gasteiger partial charge < -0.3 is 4.90 Å². The van der Waals surface area contributed by atoms with Gasteiger partial charge in [-0.05, 0) is 52.3 Å². The van der Waals surface area contributed by atoms with Crippen molar-refractivity contribution in [3.63, 3.8) is 0 Å². The van der Waals surface area contributed by atoms with Crippen LogP contribution in [0.2, 0.25) is 0 Å². The number of piperazine rings is 1. The van der Waals surface area contributed by atoms with Crippen LogP contribution in [0.25, 0.3) is 0 Å². The van der Waals surface area contributed by atoms with E-state index >= 15 is 0 Å². The SMILES string of the molecule is CNNCC(CC#N)/N=C(C)/C(=C(/C#N)C=O)N1CCN(C(C)c2ccc(C3CC3)nc2)CC1C. The number of aldehydes is 1. The number of allylic oxidation sites excluding steroid dienone is 2. The summed E-state index contributed by atoms with van der Waals surface area (Å²) in [5.41, 5.74) is 9.45. The van der Waals surface area contributed by atoms with Gasteiger partial charge in [0.1, 0.15) is 11.6 Å². The predicted octanol–water partition coefficient (Wildman–Crippen LogP) is 2.47. The number of carbonyl (C=O) groups is 1. The summed E-state index contributed by atoms with van der Waals surface area (Å²) < 4.78 is 0. The molecule has 35 heavy (non-hydrogen) atoms. The van der Waals surface area contributed by atoms with Crippen molar-refractivity contribution in [2.75, 3.05) is 33.2 Å². The van der Waals surface area contributed by atoms with E-state index in [1.165, 1.54) is 24.1 Å². The molecule has 3 unspecified atom stereocenters. The van der Waals surface area contributed by atoms with Crippen LogP contribution < -0.4 is 10.9 Å². The molecule has 2 aliphatic rings. The smallest absolute Gasteiger partial charge is 0.162 e. The maximum Gasteiger partial charge on any atom is 0.162 e. The van der Waals surface area contributed by atoms with Gasteiger partial charge in [-0.2, -0.15) is 10.5 Å². The van der Waals surface area contributed by atoms with Crippen molar-refractivity contribution in [1.82, 2.24) is 25.6 Å². The first-order valence-corrected chi connectivity index (χ1v) is 12.3.